The third kappa shape index (κ3) is 7.92. The van der Waals surface area contributed by atoms with Crippen molar-refractivity contribution >= 4 is 17.7 Å². The van der Waals surface area contributed by atoms with Gasteiger partial charge in [0.05, 0.1) is 5.57 Å². The number of ether oxygens (including phenoxy) is 1. The fraction of sp³-hybridized carbons (Fsp3) is 0.833. The van der Waals surface area contributed by atoms with Crippen LogP contribution in [0.15, 0.2) is 11.6 Å². The molecule has 35 heavy (non-hydrogen) atoms. The van der Waals surface area contributed by atoms with Gasteiger partial charge in [-0.25, -0.2) is 4.79 Å². The van der Waals surface area contributed by atoms with Gasteiger partial charge in [0.1, 0.15) is 11.9 Å². The van der Waals surface area contributed by atoms with Gasteiger partial charge in [0.25, 0.3) is 0 Å². The van der Waals surface area contributed by atoms with Crippen molar-refractivity contribution in [3.8, 4) is 0 Å². The Morgan fingerprint density at radius 3 is 1.71 bits per heavy atom. The Balaban J connectivity index is 3.34. The van der Waals surface area contributed by atoms with Gasteiger partial charge >= 0.3 is 5.97 Å². The average Bonchev–Trinajstić information content (AvgIpc) is 2.72. The number of hydrogen-bond donors (Lipinski definition) is 2. The van der Waals surface area contributed by atoms with E-state index < -0.39 is 11.4 Å². The Bertz CT molecular complexity index is 746. The van der Waals surface area contributed by atoms with Gasteiger partial charge in [0, 0.05) is 17.3 Å². The van der Waals surface area contributed by atoms with Gasteiger partial charge in [0.2, 0.25) is 5.91 Å². The molecule has 2 atom stereocenters. The summed E-state index contributed by atoms with van der Waals surface area (Å²) in [7, 11) is 0. The molecule has 0 aromatic heterocycles. The molecule has 1 saturated carbocycles. The number of rotatable bonds is 8. The number of amides is 1. The molecule has 1 rings (SSSR count). The average molecular weight is 491 g/mol. The fourth-order valence-electron chi connectivity index (χ4n) is 5.69. The van der Waals surface area contributed by atoms with Crippen molar-refractivity contribution in [1.29, 1.82) is 5.41 Å². The van der Waals surface area contributed by atoms with Crippen LogP contribution in [-0.4, -0.2) is 23.8 Å². The lowest BCUT2D eigenvalue weighted by Crippen LogP contribution is -2.50. The minimum atomic E-state index is -0.534. The minimum absolute atomic E-state index is 0.0181. The minimum Gasteiger partial charge on any atom is -0.458 e. The molecule has 0 aromatic rings. The SMILES string of the molecule is CCC(CC)(CC)C(=O)NC(=N)/C(=C/C(C)C)C(=O)OC1C(C(C)(C)C)CC(C)CC1C(C)(C)C. The standard InChI is InChI=1S/C30H54N2O3/c1-13-30(14-2,15-3)27(34)32-25(31)21(16-19(4)5)26(33)35-24-22(28(7,8)9)17-20(6)18-23(24)29(10,11)12/h16,19-20,22-24H,13-15,17-18H2,1-12H3,(H2,31,32,34)/b21-16-. The molecule has 0 aromatic carbocycles. The summed E-state index contributed by atoms with van der Waals surface area (Å²) in [6.45, 7) is 25.6. The van der Waals surface area contributed by atoms with Crippen LogP contribution in [0.2, 0.25) is 0 Å². The molecule has 5 heteroatoms. The van der Waals surface area contributed by atoms with Crippen LogP contribution in [0.1, 0.15) is 115 Å². The summed E-state index contributed by atoms with van der Waals surface area (Å²) in [5.41, 5.74) is -0.414. The predicted molar refractivity (Wildman–Crippen MR) is 146 cm³/mol. The molecule has 0 spiro atoms. The second-order valence-corrected chi connectivity index (χ2v) is 13.4. The topological polar surface area (TPSA) is 79.3 Å². The van der Waals surface area contributed by atoms with E-state index in [4.69, 9.17) is 10.1 Å². The number of carbonyl (C=O) groups is 2. The van der Waals surface area contributed by atoms with Crippen molar-refractivity contribution in [1.82, 2.24) is 5.32 Å². The lowest BCUT2D eigenvalue weighted by Gasteiger charge is -2.50. The Kier molecular flexibility index (Phi) is 10.8. The van der Waals surface area contributed by atoms with E-state index in [-0.39, 0.29) is 52.0 Å². The summed E-state index contributed by atoms with van der Waals surface area (Å²) >= 11 is 0. The third-order valence-corrected chi connectivity index (χ3v) is 8.31. The van der Waals surface area contributed by atoms with E-state index in [0.29, 0.717) is 25.2 Å². The molecule has 1 fully saturated rings. The van der Waals surface area contributed by atoms with Crippen LogP contribution in [0.25, 0.3) is 0 Å². The molecule has 0 bridgehead atoms. The van der Waals surface area contributed by atoms with Crippen LogP contribution in [0.5, 0.6) is 0 Å². The van der Waals surface area contributed by atoms with Crippen molar-refractivity contribution in [2.24, 2.45) is 39.9 Å². The first-order valence-electron chi connectivity index (χ1n) is 13.8. The fourth-order valence-corrected chi connectivity index (χ4v) is 5.69. The number of allylic oxidation sites excluding steroid dienone is 1. The largest absolute Gasteiger partial charge is 0.458 e. The molecule has 1 amide bonds. The lowest BCUT2D eigenvalue weighted by molar-refractivity contribution is -0.164. The summed E-state index contributed by atoms with van der Waals surface area (Å²) in [4.78, 5) is 26.8. The smallest absolute Gasteiger partial charge is 0.341 e. The van der Waals surface area contributed by atoms with E-state index in [1.807, 2.05) is 34.6 Å². The van der Waals surface area contributed by atoms with E-state index in [1.165, 1.54) is 0 Å². The van der Waals surface area contributed by atoms with Crippen molar-refractivity contribution in [3.05, 3.63) is 11.6 Å². The number of nitrogens with one attached hydrogen (secondary N) is 2. The number of carbonyl (C=O) groups excluding carboxylic acids is 2. The zero-order chi connectivity index (χ0) is 27.4. The Hall–Kier alpha value is -1.65. The van der Waals surface area contributed by atoms with Crippen LogP contribution in [-0.2, 0) is 14.3 Å². The summed E-state index contributed by atoms with van der Waals surface area (Å²) in [6.07, 6.45) is 5.60. The molecule has 0 heterocycles. The highest BCUT2D eigenvalue weighted by atomic mass is 16.5. The van der Waals surface area contributed by atoms with Crippen LogP contribution < -0.4 is 5.32 Å². The van der Waals surface area contributed by atoms with Crippen LogP contribution >= 0.6 is 0 Å². The maximum absolute atomic E-state index is 13.7. The summed E-state index contributed by atoms with van der Waals surface area (Å²) in [5.74, 6) is 0.189. The molecule has 0 saturated heterocycles. The first-order chi connectivity index (χ1) is 15.9. The van der Waals surface area contributed by atoms with Gasteiger partial charge in [-0.2, -0.15) is 0 Å². The Morgan fingerprint density at radius 1 is 0.943 bits per heavy atom. The predicted octanol–water partition coefficient (Wildman–Crippen LogP) is 7.54. The molecule has 2 N–H and O–H groups in total. The van der Waals surface area contributed by atoms with Crippen LogP contribution in [0, 0.1) is 45.3 Å². The molecule has 5 nitrogen and oxygen atoms in total. The monoisotopic (exact) mass is 490 g/mol. The molecule has 2 unspecified atom stereocenters. The molecule has 1 aliphatic carbocycles. The molecule has 1 aliphatic rings. The molecule has 0 radical (unpaired) electrons. The maximum atomic E-state index is 13.7. The highest BCUT2D eigenvalue weighted by molar-refractivity contribution is 6.21. The normalized spacial score (nSPS) is 24.3. The van der Waals surface area contributed by atoms with Gasteiger partial charge in [-0.05, 0) is 54.8 Å². The van der Waals surface area contributed by atoms with E-state index in [2.05, 4.69) is 53.8 Å². The molecular weight excluding hydrogens is 436 g/mol. The van der Waals surface area contributed by atoms with E-state index in [9.17, 15) is 9.59 Å². The third-order valence-electron chi connectivity index (χ3n) is 8.31. The van der Waals surface area contributed by atoms with E-state index in [0.717, 1.165) is 12.8 Å². The first-order valence-corrected chi connectivity index (χ1v) is 13.8. The van der Waals surface area contributed by atoms with Gasteiger partial charge in [-0.3, -0.25) is 10.2 Å². The number of amidine groups is 1. The van der Waals surface area contributed by atoms with Crippen molar-refractivity contribution in [2.45, 2.75) is 121 Å². The Labute approximate surface area is 215 Å². The Morgan fingerprint density at radius 2 is 1.37 bits per heavy atom. The molecular formula is C30H54N2O3. The second-order valence-electron chi connectivity index (χ2n) is 13.4. The van der Waals surface area contributed by atoms with Gasteiger partial charge in [-0.1, -0.05) is 89.2 Å². The van der Waals surface area contributed by atoms with Gasteiger partial charge in [0.15, 0.2) is 0 Å². The highest BCUT2D eigenvalue weighted by Gasteiger charge is 2.48. The van der Waals surface area contributed by atoms with Crippen molar-refractivity contribution in [2.75, 3.05) is 0 Å². The summed E-state index contributed by atoms with van der Waals surface area (Å²) in [5, 5.41) is 11.5. The zero-order valence-electron chi connectivity index (χ0n) is 24.7. The lowest BCUT2D eigenvalue weighted by atomic mass is 9.59. The second kappa shape index (κ2) is 12.1. The summed E-state index contributed by atoms with van der Waals surface area (Å²) < 4.78 is 6.35. The van der Waals surface area contributed by atoms with E-state index >= 15 is 0 Å². The van der Waals surface area contributed by atoms with E-state index in [1.54, 1.807) is 6.08 Å². The van der Waals surface area contributed by atoms with Crippen LogP contribution in [0.4, 0.5) is 0 Å². The number of esters is 1. The first kappa shape index (κ1) is 31.4. The van der Waals surface area contributed by atoms with Gasteiger partial charge < -0.3 is 10.1 Å². The molecule has 202 valence electrons. The maximum Gasteiger partial charge on any atom is 0.341 e. The number of hydrogen-bond acceptors (Lipinski definition) is 4. The zero-order valence-corrected chi connectivity index (χ0v) is 24.7. The van der Waals surface area contributed by atoms with Crippen LogP contribution in [0.3, 0.4) is 0 Å². The highest BCUT2D eigenvalue weighted by Crippen LogP contribution is 2.49. The van der Waals surface area contributed by atoms with Gasteiger partial charge in [-0.15, -0.1) is 0 Å². The van der Waals surface area contributed by atoms with Crippen molar-refractivity contribution in [3.63, 3.8) is 0 Å². The summed E-state index contributed by atoms with van der Waals surface area (Å²) in [6, 6.07) is 0. The van der Waals surface area contributed by atoms with Crippen molar-refractivity contribution < 1.29 is 14.3 Å². The quantitative estimate of drug-likeness (QED) is 0.160. The molecule has 0 aliphatic heterocycles.